The minimum atomic E-state index is 0.214. The summed E-state index contributed by atoms with van der Waals surface area (Å²) < 4.78 is 7.42. The maximum absolute atomic E-state index is 12.3. The highest BCUT2D eigenvalue weighted by atomic mass is 16.5. The molecule has 5 nitrogen and oxygen atoms in total. The summed E-state index contributed by atoms with van der Waals surface area (Å²) in [7, 11) is 1.71. The Morgan fingerprint density at radius 1 is 1.29 bits per heavy atom. The Hall–Kier alpha value is -1.88. The lowest BCUT2D eigenvalue weighted by molar-refractivity contribution is -0.125. The molecule has 1 aromatic heterocycles. The van der Waals surface area contributed by atoms with E-state index in [4.69, 9.17) is 9.72 Å². The first-order chi connectivity index (χ1) is 11.8. The molecule has 1 aliphatic rings. The summed E-state index contributed by atoms with van der Waals surface area (Å²) in [6, 6.07) is 8.15. The molecule has 0 radical (unpaired) electrons. The van der Waals surface area contributed by atoms with E-state index in [9.17, 15) is 4.79 Å². The molecular weight excluding hydrogens is 302 g/mol. The number of fused-ring (bicyclic) bond motifs is 1. The topological polar surface area (TPSA) is 56.1 Å². The summed E-state index contributed by atoms with van der Waals surface area (Å²) in [6.07, 6.45) is 6.47. The third-order valence-electron chi connectivity index (χ3n) is 4.88. The smallest absolute Gasteiger partial charge is 0.223 e. The number of imidazole rings is 1. The second kappa shape index (κ2) is 8.29. The number of carbonyl (C=O) groups excluding carboxylic acids is 1. The molecule has 24 heavy (non-hydrogen) atoms. The Balaban J connectivity index is 1.62. The molecule has 0 spiro atoms. The third-order valence-corrected chi connectivity index (χ3v) is 4.88. The summed E-state index contributed by atoms with van der Waals surface area (Å²) in [5.41, 5.74) is 2.13. The van der Waals surface area contributed by atoms with E-state index >= 15 is 0 Å². The summed E-state index contributed by atoms with van der Waals surface area (Å²) >= 11 is 0. The zero-order valence-electron chi connectivity index (χ0n) is 14.5. The molecule has 130 valence electrons. The zero-order chi connectivity index (χ0) is 16.8. The van der Waals surface area contributed by atoms with Crippen LogP contribution in [0.1, 0.15) is 37.9 Å². The zero-order valence-corrected chi connectivity index (χ0v) is 14.5. The second-order valence-corrected chi connectivity index (χ2v) is 6.54. The Kier molecular flexibility index (Phi) is 5.86. The summed E-state index contributed by atoms with van der Waals surface area (Å²) in [4.78, 5) is 17.0. The number of carbonyl (C=O) groups is 1. The number of nitrogens with one attached hydrogen (secondary N) is 1. The monoisotopic (exact) mass is 329 g/mol. The number of hydrogen-bond acceptors (Lipinski definition) is 3. The molecule has 0 unspecified atom stereocenters. The number of amides is 1. The van der Waals surface area contributed by atoms with Crippen molar-refractivity contribution >= 4 is 16.9 Å². The number of para-hydroxylation sites is 2. The Bertz CT molecular complexity index is 674. The maximum atomic E-state index is 12.3. The Labute approximate surface area is 143 Å². The number of benzene rings is 1. The van der Waals surface area contributed by atoms with Crippen molar-refractivity contribution in [3.05, 3.63) is 30.1 Å². The standard InChI is InChI=1S/C19H27N3O2/c1-24-14-13-22-17-10-6-5-9-16(17)21-18(22)11-12-20-19(23)15-7-3-2-4-8-15/h5-6,9-10,15H,2-4,7-8,11-14H2,1H3,(H,20,23). The average molecular weight is 329 g/mol. The maximum Gasteiger partial charge on any atom is 0.223 e. The van der Waals surface area contributed by atoms with Gasteiger partial charge in [-0.25, -0.2) is 4.98 Å². The molecule has 1 amide bonds. The highest BCUT2D eigenvalue weighted by molar-refractivity contribution is 5.78. The van der Waals surface area contributed by atoms with Crippen LogP contribution in [0.3, 0.4) is 0 Å². The third kappa shape index (κ3) is 3.96. The number of aromatic nitrogens is 2. The highest BCUT2D eigenvalue weighted by Crippen LogP contribution is 2.23. The number of rotatable bonds is 7. The number of nitrogens with zero attached hydrogens (tertiary/aromatic N) is 2. The van der Waals surface area contributed by atoms with Gasteiger partial charge in [-0.1, -0.05) is 31.4 Å². The van der Waals surface area contributed by atoms with Crippen molar-refractivity contribution in [2.75, 3.05) is 20.3 Å². The number of hydrogen-bond donors (Lipinski definition) is 1. The summed E-state index contributed by atoms with van der Waals surface area (Å²) in [5.74, 6) is 1.44. The first-order valence-electron chi connectivity index (χ1n) is 9.00. The molecule has 0 saturated heterocycles. The first kappa shape index (κ1) is 17.0. The van der Waals surface area contributed by atoms with Gasteiger partial charge in [0, 0.05) is 32.5 Å². The molecule has 5 heteroatoms. The van der Waals surface area contributed by atoms with Gasteiger partial charge < -0.3 is 14.6 Å². The molecule has 1 fully saturated rings. The molecule has 1 aromatic carbocycles. The molecule has 0 atom stereocenters. The minimum absolute atomic E-state index is 0.214. The van der Waals surface area contributed by atoms with Crippen molar-refractivity contribution in [2.24, 2.45) is 5.92 Å². The predicted molar refractivity (Wildman–Crippen MR) is 94.9 cm³/mol. The molecule has 0 bridgehead atoms. The van der Waals surface area contributed by atoms with Gasteiger partial charge in [0.25, 0.3) is 0 Å². The van der Waals surface area contributed by atoms with E-state index in [1.165, 1.54) is 19.3 Å². The molecule has 1 heterocycles. The van der Waals surface area contributed by atoms with Crippen LogP contribution in [-0.2, 0) is 22.5 Å². The van der Waals surface area contributed by atoms with Gasteiger partial charge >= 0.3 is 0 Å². The average Bonchev–Trinajstić information content (AvgIpc) is 2.98. The van der Waals surface area contributed by atoms with Gasteiger partial charge in [0.1, 0.15) is 5.82 Å². The van der Waals surface area contributed by atoms with Crippen molar-refractivity contribution in [3.8, 4) is 0 Å². The molecule has 2 aromatic rings. The van der Waals surface area contributed by atoms with Gasteiger partial charge in [-0.05, 0) is 25.0 Å². The molecular formula is C19H27N3O2. The van der Waals surface area contributed by atoms with E-state index in [2.05, 4.69) is 16.0 Å². The number of methoxy groups -OCH3 is 1. The van der Waals surface area contributed by atoms with Crippen molar-refractivity contribution in [1.29, 1.82) is 0 Å². The normalized spacial score (nSPS) is 15.7. The molecule has 1 aliphatic carbocycles. The SMILES string of the molecule is COCCn1c(CCNC(=O)C2CCCCC2)nc2ccccc21. The lowest BCUT2D eigenvalue weighted by atomic mass is 9.89. The quantitative estimate of drug-likeness (QED) is 0.850. The van der Waals surface area contributed by atoms with Crippen LogP contribution in [0.15, 0.2) is 24.3 Å². The molecule has 0 aliphatic heterocycles. The van der Waals surface area contributed by atoms with Crippen molar-refractivity contribution in [3.63, 3.8) is 0 Å². The fraction of sp³-hybridized carbons (Fsp3) is 0.579. The van der Waals surface area contributed by atoms with Gasteiger partial charge in [-0.2, -0.15) is 0 Å². The van der Waals surface area contributed by atoms with E-state index in [-0.39, 0.29) is 11.8 Å². The second-order valence-electron chi connectivity index (χ2n) is 6.54. The fourth-order valence-electron chi connectivity index (χ4n) is 3.55. The predicted octanol–water partition coefficient (Wildman–Crippen LogP) is 2.92. The van der Waals surface area contributed by atoms with Crippen LogP contribution >= 0.6 is 0 Å². The van der Waals surface area contributed by atoms with Crippen LogP contribution in [-0.4, -0.2) is 35.7 Å². The van der Waals surface area contributed by atoms with Gasteiger partial charge in [0.15, 0.2) is 0 Å². The summed E-state index contributed by atoms with van der Waals surface area (Å²) in [6.45, 7) is 2.08. The van der Waals surface area contributed by atoms with Gasteiger partial charge in [-0.15, -0.1) is 0 Å². The highest BCUT2D eigenvalue weighted by Gasteiger charge is 2.20. The molecule has 1 saturated carbocycles. The largest absolute Gasteiger partial charge is 0.383 e. The van der Waals surface area contributed by atoms with Crippen LogP contribution in [0.25, 0.3) is 11.0 Å². The van der Waals surface area contributed by atoms with E-state index in [1.54, 1.807) is 7.11 Å². The van der Waals surface area contributed by atoms with Crippen LogP contribution in [0.2, 0.25) is 0 Å². The van der Waals surface area contributed by atoms with Gasteiger partial charge in [0.05, 0.1) is 17.6 Å². The lowest BCUT2D eigenvalue weighted by Gasteiger charge is -2.20. The Morgan fingerprint density at radius 2 is 2.08 bits per heavy atom. The minimum Gasteiger partial charge on any atom is -0.383 e. The van der Waals surface area contributed by atoms with Crippen molar-refractivity contribution in [1.82, 2.24) is 14.9 Å². The van der Waals surface area contributed by atoms with E-state index in [0.29, 0.717) is 13.2 Å². The van der Waals surface area contributed by atoms with E-state index in [0.717, 1.165) is 42.7 Å². The van der Waals surface area contributed by atoms with E-state index in [1.807, 2.05) is 18.2 Å². The molecule has 3 rings (SSSR count). The van der Waals surface area contributed by atoms with Crippen molar-refractivity contribution < 1.29 is 9.53 Å². The van der Waals surface area contributed by atoms with Crippen LogP contribution in [0.5, 0.6) is 0 Å². The van der Waals surface area contributed by atoms with Crippen LogP contribution < -0.4 is 5.32 Å². The van der Waals surface area contributed by atoms with Crippen molar-refractivity contribution in [2.45, 2.75) is 45.1 Å². The first-order valence-corrected chi connectivity index (χ1v) is 9.00. The van der Waals surface area contributed by atoms with E-state index < -0.39 is 0 Å². The number of ether oxygens (including phenoxy) is 1. The van der Waals surface area contributed by atoms with Crippen LogP contribution in [0, 0.1) is 5.92 Å². The van der Waals surface area contributed by atoms with Gasteiger partial charge in [-0.3, -0.25) is 4.79 Å². The lowest BCUT2D eigenvalue weighted by Crippen LogP contribution is -2.33. The summed E-state index contributed by atoms with van der Waals surface area (Å²) in [5, 5.41) is 3.10. The fourth-order valence-corrected chi connectivity index (χ4v) is 3.55. The molecule has 1 N–H and O–H groups in total. The Morgan fingerprint density at radius 3 is 2.88 bits per heavy atom. The van der Waals surface area contributed by atoms with Crippen LogP contribution in [0.4, 0.5) is 0 Å². The van der Waals surface area contributed by atoms with Gasteiger partial charge in [0.2, 0.25) is 5.91 Å².